The number of hydrogen-bond acceptors (Lipinski definition) is 6. The van der Waals surface area contributed by atoms with Crippen LogP contribution in [0.25, 0.3) is 0 Å². The lowest BCUT2D eigenvalue weighted by molar-refractivity contribution is -0.167. The van der Waals surface area contributed by atoms with Crippen molar-refractivity contribution in [2.45, 2.75) is 284 Å². The van der Waals surface area contributed by atoms with E-state index in [0.29, 0.717) is 19.3 Å². The molecule has 0 N–H and O–H groups in total. The molecular formula is C59H104O6. The quantitative estimate of drug-likeness (QED) is 0.0262. The number of esters is 3. The third kappa shape index (κ3) is 51.9. The van der Waals surface area contributed by atoms with E-state index in [9.17, 15) is 14.4 Å². The van der Waals surface area contributed by atoms with Crippen LogP contribution in [0.15, 0.2) is 60.8 Å². The number of ether oxygens (including phenoxy) is 3. The Morgan fingerprint density at radius 3 is 0.938 bits per heavy atom. The molecule has 0 rings (SSSR count). The first-order valence-electron chi connectivity index (χ1n) is 27.8. The van der Waals surface area contributed by atoms with E-state index in [4.69, 9.17) is 14.2 Å². The summed E-state index contributed by atoms with van der Waals surface area (Å²) in [5.41, 5.74) is 0. The van der Waals surface area contributed by atoms with Crippen LogP contribution in [0.1, 0.15) is 278 Å². The van der Waals surface area contributed by atoms with E-state index in [0.717, 1.165) is 89.9 Å². The molecule has 0 amide bonds. The fourth-order valence-electron chi connectivity index (χ4n) is 7.84. The maximum atomic E-state index is 12.8. The molecule has 1 atom stereocenters. The molecule has 6 heteroatoms. The molecule has 0 radical (unpaired) electrons. The van der Waals surface area contributed by atoms with Crippen molar-refractivity contribution < 1.29 is 28.6 Å². The Morgan fingerprint density at radius 1 is 0.323 bits per heavy atom. The van der Waals surface area contributed by atoms with E-state index in [2.05, 4.69) is 81.5 Å². The lowest BCUT2D eigenvalue weighted by Gasteiger charge is -2.18. The van der Waals surface area contributed by atoms with E-state index in [1.54, 1.807) is 0 Å². The summed E-state index contributed by atoms with van der Waals surface area (Å²) in [6, 6.07) is 0. The highest BCUT2D eigenvalue weighted by Crippen LogP contribution is 2.15. The molecule has 0 fully saturated rings. The van der Waals surface area contributed by atoms with Crippen LogP contribution in [0.5, 0.6) is 0 Å². The third-order valence-corrected chi connectivity index (χ3v) is 12.0. The normalized spacial score (nSPS) is 12.5. The molecule has 0 aromatic heterocycles. The van der Waals surface area contributed by atoms with Gasteiger partial charge in [-0.05, 0) is 83.5 Å². The van der Waals surface area contributed by atoms with Gasteiger partial charge in [-0.2, -0.15) is 0 Å². The Morgan fingerprint density at radius 2 is 0.600 bits per heavy atom. The molecule has 0 bridgehead atoms. The van der Waals surface area contributed by atoms with E-state index in [1.807, 2.05) is 0 Å². The van der Waals surface area contributed by atoms with E-state index in [-0.39, 0.29) is 31.1 Å². The minimum absolute atomic E-state index is 0.0779. The summed E-state index contributed by atoms with van der Waals surface area (Å²) >= 11 is 0. The summed E-state index contributed by atoms with van der Waals surface area (Å²) in [5.74, 6) is -0.887. The molecule has 0 spiro atoms. The Kier molecular flexibility index (Phi) is 51.3. The highest BCUT2D eigenvalue weighted by Gasteiger charge is 2.19. The highest BCUT2D eigenvalue weighted by molar-refractivity contribution is 5.71. The Labute approximate surface area is 402 Å². The summed E-state index contributed by atoms with van der Waals surface area (Å²) < 4.78 is 16.8. The van der Waals surface area contributed by atoms with Gasteiger partial charge in [0.25, 0.3) is 0 Å². The zero-order valence-corrected chi connectivity index (χ0v) is 43.0. The lowest BCUT2D eigenvalue weighted by atomic mass is 10.1. The van der Waals surface area contributed by atoms with Gasteiger partial charge in [-0.15, -0.1) is 0 Å². The van der Waals surface area contributed by atoms with Gasteiger partial charge in [-0.1, -0.05) is 236 Å². The molecule has 1 unspecified atom stereocenters. The lowest BCUT2D eigenvalue weighted by Crippen LogP contribution is -2.30. The fourth-order valence-corrected chi connectivity index (χ4v) is 7.84. The second-order valence-electron chi connectivity index (χ2n) is 18.5. The molecule has 6 nitrogen and oxygen atoms in total. The van der Waals surface area contributed by atoms with Crippen molar-refractivity contribution in [1.29, 1.82) is 0 Å². The van der Waals surface area contributed by atoms with Crippen LogP contribution in [0.2, 0.25) is 0 Å². The van der Waals surface area contributed by atoms with Crippen LogP contribution >= 0.6 is 0 Å². The van der Waals surface area contributed by atoms with Gasteiger partial charge in [0.05, 0.1) is 0 Å². The predicted octanol–water partition coefficient (Wildman–Crippen LogP) is 18.4. The Bertz CT molecular complexity index is 1180. The number of rotatable bonds is 50. The number of carbonyl (C=O) groups is 3. The largest absolute Gasteiger partial charge is 0.462 e. The number of hydrogen-bond donors (Lipinski definition) is 0. The molecule has 0 aliphatic carbocycles. The number of allylic oxidation sites excluding steroid dienone is 10. The summed E-state index contributed by atoms with van der Waals surface area (Å²) in [6.07, 6.45) is 66.4. The van der Waals surface area contributed by atoms with Gasteiger partial charge < -0.3 is 14.2 Å². The average Bonchev–Trinajstić information content (AvgIpc) is 3.30. The maximum Gasteiger partial charge on any atom is 0.306 e. The van der Waals surface area contributed by atoms with Crippen molar-refractivity contribution in [3.63, 3.8) is 0 Å². The number of unbranched alkanes of at least 4 members (excludes halogenated alkanes) is 29. The third-order valence-electron chi connectivity index (χ3n) is 12.0. The summed E-state index contributed by atoms with van der Waals surface area (Å²) in [7, 11) is 0. The first-order chi connectivity index (χ1) is 32.0. The van der Waals surface area contributed by atoms with Gasteiger partial charge in [0.1, 0.15) is 13.2 Å². The summed E-state index contributed by atoms with van der Waals surface area (Å²) in [5, 5.41) is 0. The highest BCUT2D eigenvalue weighted by atomic mass is 16.6. The van der Waals surface area contributed by atoms with Gasteiger partial charge >= 0.3 is 17.9 Å². The minimum Gasteiger partial charge on any atom is -0.462 e. The van der Waals surface area contributed by atoms with Crippen LogP contribution < -0.4 is 0 Å². The van der Waals surface area contributed by atoms with Crippen molar-refractivity contribution in [2.24, 2.45) is 0 Å². The first kappa shape index (κ1) is 62.1. The molecule has 0 saturated heterocycles. The van der Waals surface area contributed by atoms with Crippen molar-refractivity contribution in [2.75, 3.05) is 13.2 Å². The molecule has 65 heavy (non-hydrogen) atoms. The van der Waals surface area contributed by atoms with Crippen LogP contribution in [-0.4, -0.2) is 37.2 Å². The predicted molar refractivity (Wildman–Crippen MR) is 279 cm³/mol. The van der Waals surface area contributed by atoms with Gasteiger partial charge in [0.2, 0.25) is 0 Å². The molecular weight excluding hydrogens is 805 g/mol. The monoisotopic (exact) mass is 909 g/mol. The first-order valence-corrected chi connectivity index (χ1v) is 27.8. The average molecular weight is 909 g/mol. The molecule has 376 valence electrons. The van der Waals surface area contributed by atoms with Gasteiger partial charge in [0, 0.05) is 19.3 Å². The molecule has 0 aromatic carbocycles. The summed E-state index contributed by atoms with van der Waals surface area (Å²) in [4.78, 5) is 38.0. The van der Waals surface area contributed by atoms with Crippen molar-refractivity contribution in [3.8, 4) is 0 Å². The maximum absolute atomic E-state index is 12.8. The van der Waals surface area contributed by atoms with Gasteiger partial charge in [-0.25, -0.2) is 0 Å². The Balaban J connectivity index is 4.28. The fraction of sp³-hybridized carbons (Fsp3) is 0.780. The van der Waals surface area contributed by atoms with Crippen molar-refractivity contribution >= 4 is 17.9 Å². The molecule has 0 aliphatic heterocycles. The zero-order valence-electron chi connectivity index (χ0n) is 43.0. The minimum atomic E-state index is -0.778. The smallest absolute Gasteiger partial charge is 0.306 e. The molecule has 0 heterocycles. The van der Waals surface area contributed by atoms with E-state index >= 15 is 0 Å². The topological polar surface area (TPSA) is 78.9 Å². The van der Waals surface area contributed by atoms with E-state index in [1.165, 1.54) is 148 Å². The SMILES string of the molecule is CC/C=C\C/C=C\C/C=C\CCCCCCCCCC(=O)OC(COC(=O)CCCCCCCCCCC)COC(=O)CCCCCCCCCCC/C=C\C/C=C\CCCCCCC. The van der Waals surface area contributed by atoms with Crippen LogP contribution in [0, 0.1) is 0 Å². The Hall–Kier alpha value is -2.89. The van der Waals surface area contributed by atoms with Crippen LogP contribution in [0.4, 0.5) is 0 Å². The summed E-state index contributed by atoms with van der Waals surface area (Å²) in [6.45, 7) is 6.50. The van der Waals surface area contributed by atoms with Gasteiger partial charge in [0.15, 0.2) is 6.10 Å². The number of carbonyl (C=O) groups excluding carboxylic acids is 3. The van der Waals surface area contributed by atoms with Crippen molar-refractivity contribution in [3.05, 3.63) is 60.8 Å². The van der Waals surface area contributed by atoms with E-state index < -0.39 is 6.10 Å². The second kappa shape index (κ2) is 53.7. The zero-order chi connectivity index (χ0) is 47.2. The standard InChI is InChI=1S/C59H104O6/c1-4-7-10-13-16-19-21-23-25-27-28-29-30-32-33-35-37-40-43-46-49-52-58(61)64-55-56(54-63-57(60)51-48-45-42-39-18-15-12-9-6-3)65-59(62)53-50-47-44-41-38-36-34-31-26-24-22-20-17-14-11-8-5-2/h8,11,17,20-21,23-24,26-28,56H,4-7,9-10,12-16,18-19,22,25,29-55H2,1-3H3/b11-8-,20-17-,23-21-,26-24-,28-27-. The van der Waals surface area contributed by atoms with Crippen molar-refractivity contribution in [1.82, 2.24) is 0 Å². The molecule has 0 saturated carbocycles. The molecule has 0 aliphatic rings. The van der Waals surface area contributed by atoms with Crippen LogP contribution in [0.3, 0.4) is 0 Å². The van der Waals surface area contributed by atoms with Gasteiger partial charge in [-0.3, -0.25) is 14.4 Å². The van der Waals surface area contributed by atoms with Crippen LogP contribution in [-0.2, 0) is 28.6 Å². The second-order valence-corrected chi connectivity index (χ2v) is 18.5. The molecule has 0 aromatic rings.